The van der Waals surface area contributed by atoms with Gasteiger partial charge < -0.3 is 10.5 Å². The highest BCUT2D eigenvalue weighted by molar-refractivity contribution is 9.10. The molecule has 0 atom stereocenters. The van der Waals surface area contributed by atoms with Gasteiger partial charge in [0.15, 0.2) is 12.4 Å². The maximum Gasteiger partial charge on any atom is 0.255 e. The smallest absolute Gasteiger partial charge is 0.255 e. The standard InChI is InChI=1S/C19H18BrNO3/c1-12-4-3-5-14(13(12)2)6-8-17(22)16-10-15(20)7-9-18(16)24-11-19(21)23/h3-10H,11H2,1-2H3,(H2,21,23)/b8-6+. The number of primary amides is 1. The van der Waals surface area contributed by atoms with E-state index in [0.717, 1.165) is 21.2 Å². The number of nitrogens with two attached hydrogens (primary N) is 1. The van der Waals surface area contributed by atoms with Gasteiger partial charge in [0, 0.05) is 4.47 Å². The molecule has 2 aromatic rings. The van der Waals surface area contributed by atoms with Crippen LogP contribution in [0.5, 0.6) is 5.75 Å². The number of ketones is 1. The normalized spacial score (nSPS) is 10.8. The van der Waals surface area contributed by atoms with Crippen molar-refractivity contribution in [1.82, 2.24) is 0 Å². The monoisotopic (exact) mass is 387 g/mol. The average Bonchev–Trinajstić information content (AvgIpc) is 2.54. The number of allylic oxidation sites excluding steroid dienone is 1. The van der Waals surface area contributed by atoms with Crippen LogP contribution >= 0.6 is 15.9 Å². The molecule has 24 heavy (non-hydrogen) atoms. The lowest BCUT2D eigenvalue weighted by Crippen LogP contribution is -2.20. The Morgan fingerprint density at radius 2 is 1.96 bits per heavy atom. The summed E-state index contributed by atoms with van der Waals surface area (Å²) in [5.41, 5.74) is 8.73. The molecule has 2 rings (SSSR count). The predicted octanol–water partition coefficient (Wildman–Crippen LogP) is 3.83. The maximum absolute atomic E-state index is 12.5. The minimum absolute atomic E-state index is 0.211. The molecule has 0 fully saturated rings. The summed E-state index contributed by atoms with van der Waals surface area (Å²) in [6, 6.07) is 11.0. The van der Waals surface area contributed by atoms with E-state index in [0.29, 0.717) is 11.3 Å². The molecular formula is C19H18BrNO3. The highest BCUT2D eigenvalue weighted by Crippen LogP contribution is 2.24. The molecule has 0 aliphatic carbocycles. The van der Waals surface area contributed by atoms with Gasteiger partial charge in [-0.05, 0) is 54.8 Å². The zero-order valence-corrected chi connectivity index (χ0v) is 15.1. The summed E-state index contributed by atoms with van der Waals surface area (Å²) in [5.74, 6) is -0.480. The van der Waals surface area contributed by atoms with Crippen LogP contribution in [0.2, 0.25) is 0 Å². The lowest BCUT2D eigenvalue weighted by molar-refractivity contribution is -0.119. The van der Waals surface area contributed by atoms with Crippen molar-refractivity contribution in [3.8, 4) is 5.75 Å². The molecule has 2 N–H and O–H groups in total. The van der Waals surface area contributed by atoms with Crippen LogP contribution < -0.4 is 10.5 Å². The first-order valence-corrected chi connectivity index (χ1v) is 8.17. The van der Waals surface area contributed by atoms with Crippen molar-refractivity contribution < 1.29 is 14.3 Å². The van der Waals surface area contributed by atoms with E-state index in [1.165, 1.54) is 6.08 Å². The van der Waals surface area contributed by atoms with Gasteiger partial charge in [-0.25, -0.2) is 0 Å². The van der Waals surface area contributed by atoms with Crippen LogP contribution in [0, 0.1) is 13.8 Å². The Labute approximate surface area is 149 Å². The first-order valence-electron chi connectivity index (χ1n) is 7.37. The molecular weight excluding hydrogens is 370 g/mol. The van der Waals surface area contributed by atoms with Crippen LogP contribution in [0.15, 0.2) is 46.9 Å². The van der Waals surface area contributed by atoms with Crippen molar-refractivity contribution >= 4 is 33.7 Å². The molecule has 0 aromatic heterocycles. The van der Waals surface area contributed by atoms with Crippen LogP contribution in [0.4, 0.5) is 0 Å². The van der Waals surface area contributed by atoms with E-state index >= 15 is 0 Å². The number of hydrogen-bond acceptors (Lipinski definition) is 3. The largest absolute Gasteiger partial charge is 0.483 e. The second-order valence-corrected chi connectivity index (χ2v) is 6.30. The zero-order chi connectivity index (χ0) is 17.7. The van der Waals surface area contributed by atoms with Gasteiger partial charge in [-0.3, -0.25) is 9.59 Å². The molecule has 0 saturated carbocycles. The fourth-order valence-electron chi connectivity index (χ4n) is 2.18. The maximum atomic E-state index is 12.5. The summed E-state index contributed by atoms with van der Waals surface area (Å²) >= 11 is 3.34. The molecule has 0 unspecified atom stereocenters. The quantitative estimate of drug-likeness (QED) is 0.604. The molecule has 4 nitrogen and oxygen atoms in total. The fourth-order valence-corrected chi connectivity index (χ4v) is 2.54. The molecule has 0 bridgehead atoms. The lowest BCUT2D eigenvalue weighted by atomic mass is 10.0. The lowest BCUT2D eigenvalue weighted by Gasteiger charge is -2.09. The van der Waals surface area contributed by atoms with Gasteiger partial charge in [0.05, 0.1) is 5.56 Å². The Hall–Kier alpha value is -2.40. The van der Waals surface area contributed by atoms with Crippen LogP contribution in [0.25, 0.3) is 6.08 Å². The molecule has 5 heteroatoms. The summed E-state index contributed by atoms with van der Waals surface area (Å²) in [6.45, 7) is 3.77. The molecule has 0 heterocycles. The van der Waals surface area contributed by atoms with Gasteiger partial charge in [-0.2, -0.15) is 0 Å². The SMILES string of the molecule is Cc1cccc(/C=C/C(=O)c2cc(Br)ccc2OCC(N)=O)c1C. The fraction of sp³-hybridized carbons (Fsp3) is 0.158. The molecule has 0 aliphatic rings. The first kappa shape index (κ1) is 17.9. The number of amides is 1. The molecule has 1 amide bonds. The highest BCUT2D eigenvalue weighted by atomic mass is 79.9. The predicted molar refractivity (Wildman–Crippen MR) is 98.1 cm³/mol. The van der Waals surface area contributed by atoms with Crippen molar-refractivity contribution in [3.63, 3.8) is 0 Å². The van der Waals surface area contributed by atoms with Crippen LogP contribution in [0.3, 0.4) is 0 Å². The van der Waals surface area contributed by atoms with E-state index in [1.807, 2.05) is 32.0 Å². The van der Waals surface area contributed by atoms with Crippen molar-refractivity contribution in [2.75, 3.05) is 6.61 Å². The molecule has 0 radical (unpaired) electrons. The van der Waals surface area contributed by atoms with Crippen molar-refractivity contribution in [3.05, 3.63) is 69.2 Å². The van der Waals surface area contributed by atoms with Gasteiger partial charge in [0.1, 0.15) is 5.75 Å². The minimum atomic E-state index is -0.595. The van der Waals surface area contributed by atoms with E-state index in [9.17, 15) is 9.59 Å². The summed E-state index contributed by atoms with van der Waals surface area (Å²) < 4.78 is 6.07. The van der Waals surface area contributed by atoms with Gasteiger partial charge in [-0.15, -0.1) is 0 Å². The third-order valence-electron chi connectivity index (χ3n) is 3.64. The van der Waals surface area contributed by atoms with E-state index in [2.05, 4.69) is 15.9 Å². The Kier molecular flexibility index (Phi) is 5.93. The van der Waals surface area contributed by atoms with Crippen LogP contribution in [-0.2, 0) is 4.79 Å². The topological polar surface area (TPSA) is 69.4 Å². The zero-order valence-electron chi connectivity index (χ0n) is 13.5. The number of aryl methyl sites for hydroxylation is 1. The average molecular weight is 388 g/mol. The van der Waals surface area contributed by atoms with Crippen LogP contribution in [-0.4, -0.2) is 18.3 Å². The number of hydrogen-bond donors (Lipinski definition) is 1. The number of carbonyl (C=O) groups is 2. The van der Waals surface area contributed by atoms with Gasteiger partial charge in [0.25, 0.3) is 5.91 Å². The number of ether oxygens (including phenoxy) is 1. The van der Waals surface area contributed by atoms with Gasteiger partial charge >= 0.3 is 0 Å². The second-order valence-electron chi connectivity index (χ2n) is 5.38. The second kappa shape index (κ2) is 7.93. The molecule has 2 aromatic carbocycles. The number of benzene rings is 2. The summed E-state index contributed by atoms with van der Waals surface area (Å²) in [7, 11) is 0. The van der Waals surface area contributed by atoms with Crippen molar-refractivity contribution in [1.29, 1.82) is 0 Å². The summed E-state index contributed by atoms with van der Waals surface area (Å²) in [6.07, 6.45) is 3.28. The number of rotatable bonds is 6. The van der Waals surface area contributed by atoms with Gasteiger partial charge in [-0.1, -0.05) is 40.2 Å². The van der Waals surface area contributed by atoms with E-state index < -0.39 is 5.91 Å². The van der Waals surface area contributed by atoms with Crippen molar-refractivity contribution in [2.24, 2.45) is 5.73 Å². The molecule has 124 valence electrons. The summed E-state index contributed by atoms with van der Waals surface area (Å²) in [4.78, 5) is 23.4. The summed E-state index contributed by atoms with van der Waals surface area (Å²) in [5, 5.41) is 0. The van der Waals surface area contributed by atoms with E-state index in [1.54, 1.807) is 24.3 Å². The molecule has 0 saturated heterocycles. The Bertz CT molecular complexity index is 812. The third kappa shape index (κ3) is 4.55. The van der Waals surface area contributed by atoms with Crippen LogP contribution in [0.1, 0.15) is 27.0 Å². The van der Waals surface area contributed by atoms with Crippen molar-refractivity contribution in [2.45, 2.75) is 13.8 Å². The van der Waals surface area contributed by atoms with E-state index in [4.69, 9.17) is 10.5 Å². The minimum Gasteiger partial charge on any atom is -0.483 e. The third-order valence-corrected chi connectivity index (χ3v) is 4.13. The van der Waals surface area contributed by atoms with Gasteiger partial charge in [0.2, 0.25) is 0 Å². The molecule has 0 spiro atoms. The molecule has 0 aliphatic heterocycles. The Morgan fingerprint density at radius 3 is 2.67 bits per heavy atom. The van der Waals surface area contributed by atoms with E-state index in [-0.39, 0.29) is 12.4 Å². The Balaban J connectivity index is 2.28. The first-order chi connectivity index (χ1) is 11.4. The highest BCUT2D eigenvalue weighted by Gasteiger charge is 2.12. The number of halogens is 1. The number of carbonyl (C=O) groups excluding carboxylic acids is 2. The Morgan fingerprint density at radius 1 is 1.21 bits per heavy atom.